The van der Waals surface area contributed by atoms with E-state index in [1.165, 1.54) is 9.80 Å². The van der Waals surface area contributed by atoms with Crippen LogP contribution in [0.4, 0.5) is 11.4 Å². The van der Waals surface area contributed by atoms with Gasteiger partial charge in [-0.3, -0.25) is 19.4 Å². The third-order valence-electron chi connectivity index (χ3n) is 5.48. The summed E-state index contributed by atoms with van der Waals surface area (Å²) in [7, 11) is 0. The molecule has 6 nitrogen and oxygen atoms in total. The Balaban J connectivity index is 1.64. The molecule has 0 atom stereocenters. The first-order valence-electron chi connectivity index (χ1n) is 10.6. The van der Waals surface area contributed by atoms with Gasteiger partial charge in [0.1, 0.15) is 11.3 Å². The minimum Gasteiger partial charge on any atom is -0.508 e. The van der Waals surface area contributed by atoms with E-state index < -0.39 is 11.8 Å². The van der Waals surface area contributed by atoms with E-state index in [1.807, 2.05) is 59.3 Å². The summed E-state index contributed by atoms with van der Waals surface area (Å²) < 4.78 is 1.83. The molecule has 1 aliphatic heterocycles. The van der Waals surface area contributed by atoms with Gasteiger partial charge in [-0.15, -0.1) is 0 Å². The summed E-state index contributed by atoms with van der Waals surface area (Å²) in [6.45, 7) is 0. The molecule has 2 heterocycles. The van der Waals surface area contributed by atoms with Crippen LogP contribution in [0.1, 0.15) is 5.69 Å². The zero-order valence-electron chi connectivity index (χ0n) is 17.9. The lowest BCUT2D eigenvalue weighted by Gasteiger charge is -2.36. The van der Waals surface area contributed by atoms with Crippen molar-refractivity contribution in [2.45, 2.75) is 0 Å². The van der Waals surface area contributed by atoms with Gasteiger partial charge < -0.3 is 9.67 Å². The van der Waals surface area contributed by atoms with Gasteiger partial charge in [0.15, 0.2) is 5.11 Å². The molecule has 1 saturated heterocycles. The Labute approximate surface area is 201 Å². The molecule has 1 aliphatic rings. The molecule has 34 heavy (non-hydrogen) atoms. The van der Waals surface area contributed by atoms with Gasteiger partial charge in [0.05, 0.1) is 11.4 Å². The van der Waals surface area contributed by atoms with Crippen molar-refractivity contribution in [1.29, 1.82) is 0 Å². The predicted octanol–water partition coefficient (Wildman–Crippen LogP) is 4.93. The molecule has 7 heteroatoms. The molecule has 0 unspecified atom stereocenters. The van der Waals surface area contributed by atoms with Gasteiger partial charge in [0, 0.05) is 17.6 Å². The van der Waals surface area contributed by atoms with Crippen molar-refractivity contribution >= 4 is 46.6 Å². The number of carbonyl (C=O) groups excluding carboxylic acids is 2. The molecule has 0 radical (unpaired) electrons. The van der Waals surface area contributed by atoms with Crippen LogP contribution in [0.5, 0.6) is 5.75 Å². The number of thiocarbonyl (C=S) groups is 1. The van der Waals surface area contributed by atoms with E-state index in [0.717, 1.165) is 5.69 Å². The highest BCUT2D eigenvalue weighted by molar-refractivity contribution is 7.81. The Morgan fingerprint density at radius 3 is 1.71 bits per heavy atom. The number of hydrogen-bond acceptors (Lipinski definition) is 4. The first-order valence-corrected chi connectivity index (χ1v) is 11.0. The zero-order chi connectivity index (χ0) is 23.7. The predicted molar refractivity (Wildman–Crippen MR) is 136 cm³/mol. The SMILES string of the molecule is O=C1C(=Cc2cccn2-c2ccc(O)cc2)C(=O)N(c2ccccc2)C(=S)N1c1ccccc1. The molecule has 0 aliphatic carbocycles. The first kappa shape index (κ1) is 21.4. The number of aromatic hydroxyl groups is 1. The van der Waals surface area contributed by atoms with E-state index in [9.17, 15) is 14.7 Å². The fourth-order valence-electron chi connectivity index (χ4n) is 3.85. The Bertz CT molecular complexity index is 1350. The Hall–Kier alpha value is -4.49. The number of hydrogen-bond donors (Lipinski definition) is 1. The minimum absolute atomic E-state index is 0.0139. The third-order valence-corrected chi connectivity index (χ3v) is 5.84. The summed E-state index contributed by atoms with van der Waals surface area (Å²) in [5.41, 5.74) is 2.55. The van der Waals surface area contributed by atoms with Gasteiger partial charge in [0.25, 0.3) is 11.8 Å². The number of carbonyl (C=O) groups is 2. The second kappa shape index (κ2) is 8.80. The van der Waals surface area contributed by atoms with Crippen molar-refractivity contribution in [3.05, 3.63) is 115 Å². The van der Waals surface area contributed by atoms with E-state index in [1.54, 1.807) is 54.6 Å². The standard InChI is InChI=1S/C27H19N3O3S/c31-23-15-13-19(14-16-23)28-17-7-12-22(28)18-24-25(32)29(20-8-3-1-4-9-20)27(34)30(26(24)33)21-10-5-2-6-11-21/h1-18,31H. The van der Waals surface area contributed by atoms with Crippen molar-refractivity contribution in [2.75, 3.05) is 9.80 Å². The molecule has 166 valence electrons. The smallest absolute Gasteiger partial charge is 0.270 e. The van der Waals surface area contributed by atoms with Gasteiger partial charge >= 0.3 is 0 Å². The number of aromatic nitrogens is 1. The van der Waals surface area contributed by atoms with E-state index in [4.69, 9.17) is 12.2 Å². The summed E-state index contributed by atoms with van der Waals surface area (Å²) in [4.78, 5) is 30.0. The van der Waals surface area contributed by atoms with Crippen molar-refractivity contribution in [3.8, 4) is 11.4 Å². The highest BCUT2D eigenvalue weighted by Crippen LogP contribution is 2.30. The van der Waals surface area contributed by atoms with Gasteiger partial charge in [0.2, 0.25) is 0 Å². The molecule has 3 aromatic carbocycles. The summed E-state index contributed by atoms with van der Waals surface area (Å²) >= 11 is 5.64. The van der Waals surface area contributed by atoms with Crippen LogP contribution in [0.25, 0.3) is 11.8 Å². The zero-order valence-corrected chi connectivity index (χ0v) is 18.7. The number of anilines is 2. The van der Waals surface area contributed by atoms with Gasteiger partial charge in [-0.25, -0.2) is 0 Å². The second-order valence-electron chi connectivity index (χ2n) is 7.61. The highest BCUT2D eigenvalue weighted by atomic mass is 32.1. The first-order chi connectivity index (χ1) is 16.5. The second-order valence-corrected chi connectivity index (χ2v) is 7.98. The van der Waals surface area contributed by atoms with Gasteiger partial charge in [-0.1, -0.05) is 36.4 Å². The molecular formula is C27H19N3O3S. The number of benzene rings is 3. The topological polar surface area (TPSA) is 65.8 Å². The van der Waals surface area contributed by atoms with Crippen molar-refractivity contribution in [2.24, 2.45) is 0 Å². The van der Waals surface area contributed by atoms with E-state index in [2.05, 4.69) is 0 Å². The molecule has 1 aromatic heterocycles. The lowest BCUT2D eigenvalue weighted by molar-refractivity contribution is -0.120. The van der Waals surface area contributed by atoms with E-state index in [-0.39, 0.29) is 16.4 Å². The molecule has 1 N–H and O–H groups in total. The maximum absolute atomic E-state index is 13.6. The Morgan fingerprint density at radius 2 is 1.18 bits per heavy atom. The van der Waals surface area contributed by atoms with Crippen LogP contribution in [0, 0.1) is 0 Å². The van der Waals surface area contributed by atoms with Crippen LogP contribution in [0.15, 0.2) is 109 Å². The number of nitrogens with zero attached hydrogens (tertiary/aromatic N) is 3. The van der Waals surface area contributed by atoms with Crippen LogP contribution in [0.2, 0.25) is 0 Å². The molecule has 0 spiro atoms. The molecule has 4 aromatic rings. The van der Waals surface area contributed by atoms with Crippen LogP contribution in [0.3, 0.4) is 0 Å². The fourth-order valence-corrected chi connectivity index (χ4v) is 4.22. The van der Waals surface area contributed by atoms with Crippen LogP contribution in [-0.2, 0) is 9.59 Å². The van der Waals surface area contributed by atoms with Crippen LogP contribution >= 0.6 is 12.2 Å². The van der Waals surface area contributed by atoms with Crippen LogP contribution < -0.4 is 9.80 Å². The normalized spacial score (nSPS) is 14.0. The quantitative estimate of drug-likeness (QED) is 0.264. The average Bonchev–Trinajstić information content (AvgIpc) is 3.32. The summed E-state index contributed by atoms with van der Waals surface area (Å²) in [6.07, 6.45) is 3.40. The van der Waals surface area contributed by atoms with Crippen LogP contribution in [-0.4, -0.2) is 26.6 Å². The third kappa shape index (κ3) is 3.78. The lowest BCUT2D eigenvalue weighted by Crippen LogP contribution is -2.56. The van der Waals surface area contributed by atoms with Gasteiger partial charge in [-0.05, 0) is 79.0 Å². The maximum atomic E-state index is 13.6. The van der Waals surface area contributed by atoms with Crippen molar-refractivity contribution in [1.82, 2.24) is 4.57 Å². The number of phenols is 1. The lowest BCUT2D eigenvalue weighted by atomic mass is 10.1. The highest BCUT2D eigenvalue weighted by Gasteiger charge is 2.41. The number of para-hydroxylation sites is 2. The molecule has 5 rings (SSSR count). The molecule has 2 amide bonds. The van der Waals surface area contributed by atoms with E-state index >= 15 is 0 Å². The number of phenolic OH excluding ortho intramolecular Hbond substituents is 1. The molecular weight excluding hydrogens is 446 g/mol. The fraction of sp³-hybridized carbons (Fsp3) is 0. The monoisotopic (exact) mass is 465 g/mol. The molecule has 0 saturated carbocycles. The van der Waals surface area contributed by atoms with Gasteiger partial charge in [-0.2, -0.15) is 0 Å². The van der Waals surface area contributed by atoms with Crippen molar-refractivity contribution < 1.29 is 14.7 Å². The minimum atomic E-state index is -0.494. The Morgan fingerprint density at radius 1 is 0.647 bits per heavy atom. The average molecular weight is 466 g/mol. The molecule has 0 bridgehead atoms. The summed E-state index contributed by atoms with van der Waals surface area (Å²) in [5, 5.41) is 9.72. The van der Waals surface area contributed by atoms with Crippen molar-refractivity contribution in [3.63, 3.8) is 0 Å². The van der Waals surface area contributed by atoms with E-state index in [0.29, 0.717) is 17.1 Å². The number of amides is 2. The summed E-state index contributed by atoms with van der Waals surface area (Å²) in [5.74, 6) is -0.836. The maximum Gasteiger partial charge on any atom is 0.270 e. The Kier molecular flexibility index (Phi) is 5.53. The largest absolute Gasteiger partial charge is 0.508 e. The summed E-state index contributed by atoms with van der Waals surface area (Å²) in [6, 6.07) is 28.4. The molecule has 1 fully saturated rings. The number of rotatable bonds is 4.